The van der Waals surface area contributed by atoms with Crippen molar-refractivity contribution in [1.29, 1.82) is 0 Å². The van der Waals surface area contributed by atoms with Crippen molar-refractivity contribution in [2.45, 2.75) is 0 Å². The maximum Gasteiger partial charge on any atom is 0.113 e. The highest BCUT2D eigenvalue weighted by molar-refractivity contribution is 4.65. The molecule has 0 saturated heterocycles. The Bertz CT molecular complexity index is 43.3. The summed E-state index contributed by atoms with van der Waals surface area (Å²) in [6, 6.07) is 0. The lowest BCUT2D eigenvalue weighted by Gasteiger charge is -1.90. The third-order valence-electron chi connectivity index (χ3n) is 0.400. The summed E-state index contributed by atoms with van der Waals surface area (Å²) in [6.45, 7) is 4.74. The third-order valence-corrected chi connectivity index (χ3v) is 0.400. The fraction of sp³-hybridized carbons (Fsp3) is 0.400. The van der Waals surface area contributed by atoms with Crippen molar-refractivity contribution in [2.75, 3.05) is 13.2 Å². The lowest BCUT2D eigenvalue weighted by Crippen LogP contribution is -1.89. The summed E-state index contributed by atoms with van der Waals surface area (Å²) in [5, 5.41) is 9.59. The van der Waals surface area contributed by atoms with Crippen molar-refractivity contribution in [3.8, 4) is 0 Å². The van der Waals surface area contributed by atoms with Crippen molar-refractivity contribution in [3.05, 3.63) is 19.3 Å². The Labute approximate surface area is 43.4 Å². The molecule has 0 atom stereocenters. The van der Waals surface area contributed by atoms with Crippen LogP contribution in [0.4, 0.5) is 0 Å². The Morgan fingerprint density at radius 2 is 2.43 bits per heavy atom. The number of rotatable bonds is 4. The topological polar surface area (TPSA) is 29.1 Å². The monoisotopic (exact) mass is 100 g/mol. The first kappa shape index (κ1) is 6.66. The molecule has 7 heavy (non-hydrogen) atoms. The number of hydrogen-bond acceptors (Lipinski definition) is 1. The van der Waals surface area contributed by atoms with Gasteiger partial charge >= 0.3 is 0 Å². The highest BCUT2D eigenvalue weighted by Crippen LogP contribution is 1.77. The summed E-state index contributed by atoms with van der Waals surface area (Å²) in [6.07, 6.45) is 1.59. The molecule has 0 spiro atoms. The van der Waals surface area contributed by atoms with Gasteiger partial charge in [0.15, 0.2) is 0 Å². The zero-order chi connectivity index (χ0) is 5.54. The number of ether oxygens (including phenoxy) is 1. The van der Waals surface area contributed by atoms with Crippen LogP contribution in [0.5, 0.6) is 0 Å². The van der Waals surface area contributed by atoms with E-state index in [0.717, 1.165) is 0 Å². The second kappa shape index (κ2) is 5.66. The molecule has 2 nitrogen and oxygen atoms in total. The summed E-state index contributed by atoms with van der Waals surface area (Å²) in [7, 11) is 0. The van der Waals surface area contributed by atoms with Crippen LogP contribution in [0.3, 0.4) is 0 Å². The van der Waals surface area contributed by atoms with Crippen LogP contribution in [0.2, 0.25) is 0 Å². The van der Waals surface area contributed by atoms with Crippen molar-refractivity contribution in [1.82, 2.24) is 0 Å². The van der Waals surface area contributed by atoms with Gasteiger partial charge < -0.3 is 4.74 Å². The zero-order valence-electron chi connectivity index (χ0n) is 4.09. The molecule has 40 valence electrons. The molecule has 0 aliphatic rings. The average molecular weight is 100 g/mol. The van der Waals surface area contributed by atoms with E-state index in [9.17, 15) is 5.11 Å². The van der Waals surface area contributed by atoms with Gasteiger partial charge in [-0.2, -0.15) is 0 Å². The van der Waals surface area contributed by atoms with E-state index in [1.54, 1.807) is 6.08 Å². The summed E-state index contributed by atoms with van der Waals surface area (Å²) in [5.41, 5.74) is 0. The molecule has 0 amide bonds. The molecule has 0 saturated carbocycles. The summed E-state index contributed by atoms with van der Waals surface area (Å²) in [4.78, 5) is 0. The van der Waals surface area contributed by atoms with E-state index in [1.807, 2.05) is 0 Å². The average Bonchev–Trinajstić information content (AvgIpc) is 1.69. The van der Waals surface area contributed by atoms with Crippen LogP contribution in [0.1, 0.15) is 0 Å². The van der Waals surface area contributed by atoms with Crippen LogP contribution < -0.4 is 0 Å². The first-order chi connectivity index (χ1) is 3.41. The van der Waals surface area contributed by atoms with Crippen LogP contribution in [0.25, 0.3) is 0 Å². The minimum atomic E-state index is -0.284. The van der Waals surface area contributed by atoms with Gasteiger partial charge in [0.05, 0.1) is 6.61 Å². The van der Waals surface area contributed by atoms with E-state index < -0.39 is 0 Å². The number of hydrogen-bond donors (Lipinski definition) is 0. The van der Waals surface area contributed by atoms with Gasteiger partial charge in [0, 0.05) is 0 Å². The lowest BCUT2D eigenvalue weighted by atomic mass is 10.7. The first-order valence-electron chi connectivity index (χ1n) is 2.04. The molecule has 0 heterocycles. The van der Waals surface area contributed by atoms with E-state index in [1.165, 1.54) is 6.61 Å². The molecule has 2 heteroatoms. The Kier molecular flexibility index (Phi) is 5.39. The molecule has 0 aromatic carbocycles. The van der Waals surface area contributed by atoms with Crippen LogP contribution in [0.15, 0.2) is 12.7 Å². The van der Waals surface area contributed by atoms with Gasteiger partial charge in [0.25, 0.3) is 0 Å². The summed E-state index contributed by atoms with van der Waals surface area (Å²) < 4.78 is 4.58. The van der Waals surface area contributed by atoms with Crippen molar-refractivity contribution < 1.29 is 9.84 Å². The first-order valence-corrected chi connectivity index (χ1v) is 2.04. The summed E-state index contributed by atoms with van der Waals surface area (Å²) in [5.74, 6) is 0. The zero-order valence-corrected chi connectivity index (χ0v) is 4.09. The second-order valence-electron chi connectivity index (χ2n) is 0.955. The molecule has 0 fully saturated rings. The minimum absolute atomic E-state index is 0.284. The largest absolute Gasteiger partial charge is 0.369 e. The second-order valence-corrected chi connectivity index (χ2v) is 0.955. The van der Waals surface area contributed by atoms with Crippen LogP contribution in [-0.4, -0.2) is 13.2 Å². The maximum atomic E-state index is 9.59. The predicted molar refractivity (Wildman–Crippen MR) is 26.0 cm³/mol. The van der Waals surface area contributed by atoms with Gasteiger partial charge in [-0.15, -0.1) is 6.58 Å². The van der Waals surface area contributed by atoms with Crippen LogP contribution >= 0.6 is 0 Å². The van der Waals surface area contributed by atoms with E-state index in [2.05, 4.69) is 11.3 Å². The van der Waals surface area contributed by atoms with Gasteiger partial charge in [-0.05, 0) is 0 Å². The summed E-state index contributed by atoms with van der Waals surface area (Å²) >= 11 is 0. The van der Waals surface area contributed by atoms with Gasteiger partial charge in [0.1, 0.15) is 13.2 Å². The van der Waals surface area contributed by atoms with E-state index in [-0.39, 0.29) is 6.61 Å². The Morgan fingerprint density at radius 3 is 2.86 bits per heavy atom. The van der Waals surface area contributed by atoms with Gasteiger partial charge in [-0.1, -0.05) is 6.08 Å². The van der Waals surface area contributed by atoms with E-state index in [4.69, 9.17) is 0 Å². The Hall–Kier alpha value is -0.340. The molecule has 0 aromatic rings. The van der Waals surface area contributed by atoms with Crippen LogP contribution in [0, 0.1) is 6.61 Å². The van der Waals surface area contributed by atoms with E-state index in [0.29, 0.717) is 6.61 Å². The molecule has 0 aliphatic carbocycles. The maximum absolute atomic E-state index is 9.59. The molecular weight excluding hydrogens is 92.1 g/mol. The van der Waals surface area contributed by atoms with Gasteiger partial charge in [0.2, 0.25) is 0 Å². The fourth-order valence-electron chi connectivity index (χ4n) is 0.184. The Morgan fingerprint density at radius 1 is 1.71 bits per heavy atom. The molecule has 0 rings (SSSR count). The Balaban J connectivity index is 2.56. The van der Waals surface area contributed by atoms with Gasteiger partial charge in [-0.25, -0.2) is 5.11 Å². The fourth-order valence-corrected chi connectivity index (χ4v) is 0.184. The molecule has 0 bridgehead atoms. The predicted octanol–water partition coefficient (Wildman–Crippen LogP) is 0.781. The molecule has 0 aliphatic heterocycles. The SMILES string of the molecule is C=CCO[CH]C[O]. The minimum Gasteiger partial charge on any atom is -0.369 e. The van der Waals surface area contributed by atoms with Gasteiger partial charge in [-0.3, -0.25) is 0 Å². The molecule has 0 aromatic heterocycles. The molecule has 0 unspecified atom stereocenters. The normalized spacial score (nSPS) is 8.71. The lowest BCUT2D eigenvalue weighted by molar-refractivity contribution is 0.129. The highest BCUT2D eigenvalue weighted by atomic mass is 16.5. The van der Waals surface area contributed by atoms with Crippen LogP contribution in [-0.2, 0) is 9.84 Å². The molecule has 2 radical (unpaired) electrons. The standard InChI is InChI=1S/C5H8O2/c1-2-4-7-5-3-6/h2,5H,1,3-4H2. The van der Waals surface area contributed by atoms with Crippen molar-refractivity contribution in [2.24, 2.45) is 0 Å². The quantitative estimate of drug-likeness (QED) is 0.379. The molecule has 0 N–H and O–H groups in total. The molecular formula is C5H8O2. The van der Waals surface area contributed by atoms with Crippen molar-refractivity contribution >= 4 is 0 Å². The van der Waals surface area contributed by atoms with Crippen molar-refractivity contribution in [3.63, 3.8) is 0 Å². The smallest absolute Gasteiger partial charge is 0.113 e. The van der Waals surface area contributed by atoms with E-state index >= 15 is 0 Å². The third kappa shape index (κ3) is 5.66. The highest BCUT2D eigenvalue weighted by Gasteiger charge is 1.78.